The molecule has 0 N–H and O–H groups in total. The number of aromatic nitrogens is 2. The van der Waals surface area contributed by atoms with Gasteiger partial charge in [0.05, 0.1) is 27.4 Å². The van der Waals surface area contributed by atoms with Crippen molar-refractivity contribution in [3.8, 4) is 11.3 Å². The number of hydrogen-bond donors (Lipinski definition) is 0. The van der Waals surface area contributed by atoms with Crippen LogP contribution in [0.5, 0.6) is 0 Å². The van der Waals surface area contributed by atoms with Gasteiger partial charge in [-0.3, -0.25) is 4.79 Å². The number of carbonyl (C=O) groups excluding carboxylic acids is 1. The van der Waals surface area contributed by atoms with Gasteiger partial charge in [-0.15, -0.1) is 0 Å². The van der Waals surface area contributed by atoms with Crippen molar-refractivity contribution in [1.82, 2.24) is 14.3 Å². The van der Waals surface area contributed by atoms with Crippen LogP contribution in [0.15, 0.2) is 42.4 Å². The fourth-order valence-corrected chi connectivity index (χ4v) is 1.95. The third-order valence-electron chi connectivity index (χ3n) is 3.14. The van der Waals surface area contributed by atoms with Crippen molar-refractivity contribution in [2.45, 2.75) is 20.2 Å². The summed E-state index contributed by atoms with van der Waals surface area (Å²) in [5, 5.41) is 0. The lowest BCUT2D eigenvalue weighted by molar-refractivity contribution is -0.128. The molecule has 0 unspecified atom stereocenters. The van der Waals surface area contributed by atoms with E-state index < -0.39 is 36.1 Å². The molecule has 1 aromatic carbocycles. The molecule has 3 rings (SSSR count). The largest absolute Gasteiger partial charge is 0.348 e. The van der Waals surface area contributed by atoms with Crippen LogP contribution in [0.3, 0.4) is 0 Å². The topological polar surface area (TPSA) is 37.6 Å². The van der Waals surface area contributed by atoms with E-state index in [0.717, 1.165) is 9.30 Å². The molecule has 2 aromatic heterocycles. The number of hydrogen-bond acceptors (Lipinski definition) is 2. The lowest BCUT2D eigenvalue weighted by atomic mass is 10.1. The summed E-state index contributed by atoms with van der Waals surface area (Å²) in [5.74, 6) is -0.999. The van der Waals surface area contributed by atoms with Crippen molar-refractivity contribution in [3.63, 3.8) is 0 Å². The first-order valence-corrected chi connectivity index (χ1v) is 6.94. The average Bonchev–Trinajstić information content (AvgIpc) is 3.14. The van der Waals surface area contributed by atoms with Gasteiger partial charge in [-0.25, -0.2) is 4.98 Å². The van der Waals surface area contributed by atoms with Gasteiger partial charge in [-0.05, 0) is 25.5 Å². The van der Waals surface area contributed by atoms with Gasteiger partial charge >= 0.3 is 0 Å². The molecule has 4 heteroatoms. The minimum Gasteiger partial charge on any atom is -0.348 e. The minimum atomic E-state index is -2.80. The number of nitrogens with zero attached hydrogens (tertiary/aromatic N) is 3. The molecule has 0 spiro atoms. The van der Waals surface area contributed by atoms with Crippen molar-refractivity contribution in [2.24, 2.45) is 0 Å². The van der Waals surface area contributed by atoms with Crippen LogP contribution in [0.2, 0.25) is 0 Å². The summed E-state index contributed by atoms with van der Waals surface area (Å²) in [7, 11) is 2.69. The first-order valence-electron chi connectivity index (χ1n) is 11.4. The number of rotatable bonds is 3. The first kappa shape index (κ1) is 7.77. The van der Waals surface area contributed by atoms with Gasteiger partial charge in [0.15, 0.2) is 0 Å². The van der Waals surface area contributed by atoms with Crippen molar-refractivity contribution >= 4 is 11.6 Å². The second-order valence-corrected chi connectivity index (χ2v) is 5.28. The van der Waals surface area contributed by atoms with Crippen LogP contribution in [-0.4, -0.2) is 34.3 Å². The number of carbonyl (C=O) groups is 1. The van der Waals surface area contributed by atoms with Crippen LogP contribution in [0, 0.1) is 13.8 Å². The molecule has 4 nitrogen and oxygen atoms in total. The fourth-order valence-electron chi connectivity index (χ4n) is 1.95. The zero-order valence-corrected chi connectivity index (χ0v) is 13.2. The SMILES string of the molecule is [2H]c1c([2H])c(-c2nc3c([2H])c([2H])c(C)c([2H])n3c2C([2H])([2H])C(=O)N(C)C)c([2H])c([2H])c1C. The van der Waals surface area contributed by atoms with E-state index in [9.17, 15) is 4.79 Å². The predicted molar refractivity (Wildman–Crippen MR) is 92.5 cm³/mol. The quantitative estimate of drug-likeness (QED) is 0.744. The Kier molecular flexibility index (Phi) is 1.99. The number of imidazole rings is 1. The maximum Gasteiger partial charge on any atom is 0.228 e. The zero-order valence-electron chi connectivity index (χ0n) is 22.2. The van der Waals surface area contributed by atoms with Crippen LogP contribution in [-0.2, 0) is 11.2 Å². The lowest BCUT2D eigenvalue weighted by Gasteiger charge is -2.11. The second-order valence-electron chi connectivity index (χ2n) is 5.28. The molecule has 0 aliphatic rings. The summed E-state index contributed by atoms with van der Waals surface area (Å²) in [4.78, 5) is 18.0. The Morgan fingerprint density at radius 1 is 1.17 bits per heavy atom. The Balaban J connectivity index is 2.65. The van der Waals surface area contributed by atoms with Gasteiger partial charge < -0.3 is 9.30 Å². The van der Waals surface area contributed by atoms with Gasteiger partial charge in [0.25, 0.3) is 0 Å². The molecule has 23 heavy (non-hydrogen) atoms. The smallest absolute Gasteiger partial charge is 0.228 e. The molecule has 3 aromatic rings. The molecular formula is C19H21N3O. The summed E-state index contributed by atoms with van der Waals surface area (Å²) >= 11 is 0. The van der Waals surface area contributed by atoms with E-state index in [-0.39, 0.29) is 52.3 Å². The number of pyridine rings is 1. The molecular weight excluding hydrogens is 286 g/mol. The Hall–Kier alpha value is -2.62. The van der Waals surface area contributed by atoms with Crippen molar-refractivity contribution in [2.75, 3.05) is 14.1 Å². The number of amides is 1. The van der Waals surface area contributed by atoms with E-state index in [1.807, 2.05) is 0 Å². The minimum absolute atomic E-state index is 0.0595. The van der Waals surface area contributed by atoms with Crippen LogP contribution in [0.1, 0.15) is 29.2 Å². The van der Waals surface area contributed by atoms with E-state index in [2.05, 4.69) is 4.98 Å². The molecule has 2 heterocycles. The number of benzene rings is 1. The van der Waals surface area contributed by atoms with Gasteiger partial charge in [-0.2, -0.15) is 0 Å². The molecule has 0 bridgehead atoms. The highest BCUT2D eigenvalue weighted by atomic mass is 16.2. The molecule has 0 atom stereocenters. The summed E-state index contributed by atoms with van der Waals surface area (Å²) in [6, 6.07) is -2.38. The van der Waals surface area contributed by atoms with Crippen molar-refractivity contribution in [3.05, 3.63) is 59.2 Å². The standard InChI is InChI=1S/C19H21N3O/c1-13-5-8-15(9-6-13)19-16(11-18(23)21(3)4)22-12-14(2)7-10-17(22)20-19/h5-10,12H,11H2,1-4H3/i5D,6D,7D,8D,9D,10D,11D2,12D. The maximum absolute atomic E-state index is 12.8. The molecule has 118 valence electrons. The van der Waals surface area contributed by atoms with E-state index in [1.54, 1.807) is 0 Å². The van der Waals surface area contributed by atoms with Gasteiger partial charge in [0.2, 0.25) is 5.91 Å². The van der Waals surface area contributed by atoms with Gasteiger partial charge in [0.1, 0.15) is 5.65 Å². The first-order chi connectivity index (χ1) is 14.7. The Bertz CT molecular complexity index is 1270. The summed E-state index contributed by atoms with van der Waals surface area (Å²) in [5.41, 5.74) is -1.35. The molecule has 0 aliphatic heterocycles. The molecule has 0 radical (unpaired) electrons. The van der Waals surface area contributed by atoms with Crippen molar-refractivity contribution < 1.29 is 17.1 Å². The molecule has 0 fully saturated rings. The number of likely N-dealkylation sites (N-methyl/N-ethyl adjacent to an activating group) is 1. The third kappa shape index (κ3) is 2.97. The van der Waals surface area contributed by atoms with E-state index in [1.165, 1.54) is 27.9 Å². The van der Waals surface area contributed by atoms with Crippen molar-refractivity contribution in [1.29, 1.82) is 0 Å². The Morgan fingerprint density at radius 3 is 2.48 bits per heavy atom. The second kappa shape index (κ2) is 5.88. The predicted octanol–water partition coefficient (Wildman–Crippen LogP) is 3.25. The van der Waals surface area contributed by atoms with E-state index in [4.69, 9.17) is 12.3 Å². The van der Waals surface area contributed by atoms with Crippen LogP contribution < -0.4 is 0 Å². The van der Waals surface area contributed by atoms with Gasteiger partial charge in [0, 0.05) is 28.6 Å². The fraction of sp³-hybridized carbons (Fsp3) is 0.263. The Labute approximate surface area is 149 Å². The molecule has 1 amide bonds. The maximum atomic E-state index is 12.8. The normalized spacial score (nSPS) is 17.1. The monoisotopic (exact) mass is 316 g/mol. The zero-order chi connectivity index (χ0) is 24.4. The van der Waals surface area contributed by atoms with Crippen LogP contribution >= 0.6 is 0 Å². The van der Waals surface area contributed by atoms with Gasteiger partial charge in [-0.1, -0.05) is 35.8 Å². The molecule has 0 saturated heterocycles. The molecule has 0 saturated carbocycles. The third-order valence-corrected chi connectivity index (χ3v) is 3.14. The highest BCUT2D eigenvalue weighted by Gasteiger charge is 2.18. The number of fused-ring (bicyclic) bond motifs is 1. The van der Waals surface area contributed by atoms with Crippen LogP contribution in [0.4, 0.5) is 0 Å². The summed E-state index contributed by atoms with van der Waals surface area (Å²) in [6.45, 7) is 2.83. The average molecular weight is 316 g/mol. The lowest BCUT2D eigenvalue weighted by Crippen LogP contribution is -2.24. The van der Waals surface area contributed by atoms with E-state index >= 15 is 0 Å². The van der Waals surface area contributed by atoms with E-state index in [0.29, 0.717) is 0 Å². The highest BCUT2D eigenvalue weighted by molar-refractivity contribution is 5.81. The summed E-state index contributed by atoms with van der Waals surface area (Å²) in [6.07, 6.45) is -3.17. The summed E-state index contributed by atoms with van der Waals surface area (Å²) < 4.78 is 76.0. The Morgan fingerprint density at radius 2 is 1.83 bits per heavy atom. The van der Waals surface area contributed by atoms with Crippen LogP contribution in [0.25, 0.3) is 16.9 Å². The molecule has 0 aliphatic carbocycles. The highest BCUT2D eigenvalue weighted by Crippen LogP contribution is 2.26.